The molecule has 0 saturated carbocycles. The number of hydrogen-bond acceptors (Lipinski definition) is 3. The fourth-order valence-corrected chi connectivity index (χ4v) is 5.07. The fraction of sp³-hybridized carbons (Fsp3) is 0.333. The van der Waals surface area contributed by atoms with Gasteiger partial charge in [0, 0.05) is 18.3 Å². The maximum Gasteiger partial charge on any atom is 0.144 e. The first-order valence-corrected chi connectivity index (χ1v) is 8.55. The second-order valence-electron chi connectivity index (χ2n) is 6.94. The average Bonchev–Trinajstić information content (AvgIpc) is 3.21. The number of fused-ring (bicyclic) bond motifs is 1. The summed E-state index contributed by atoms with van der Waals surface area (Å²) in [6, 6.07) is 17.0. The predicted molar refractivity (Wildman–Crippen MR) is 95.4 cm³/mol. The first-order chi connectivity index (χ1) is 11.7. The molecular formula is C21H21NO2. The van der Waals surface area contributed by atoms with Gasteiger partial charge >= 0.3 is 0 Å². The Hall–Kier alpha value is -2.26. The molecular weight excluding hydrogens is 298 g/mol. The fourth-order valence-electron chi connectivity index (χ4n) is 5.07. The molecule has 3 heteroatoms. The average molecular weight is 319 g/mol. The Bertz CT molecular complexity index is 844. The smallest absolute Gasteiger partial charge is 0.144 e. The molecule has 0 spiro atoms. The van der Waals surface area contributed by atoms with E-state index in [2.05, 4.69) is 60.5 Å². The van der Waals surface area contributed by atoms with Crippen LogP contribution in [0.2, 0.25) is 0 Å². The van der Waals surface area contributed by atoms with Crippen molar-refractivity contribution in [2.45, 2.75) is 24.0 Å². The highest BCUT2D eigenvalue weighted by atomic mass is 16.5. The molecule has 2 heterocycles. The van der Waals surface area contributed by atoms with Crippen LogP contribution in [0.15, 0.2) is 54.6 Å². The van der Waals surface area contributed by atoms with Crippen molar-refractivity contribution < 1.29 is 9.47 Å². The maximum atomic E-state index is 6.58. The number of nitrogens with zero attached hydrogens (tertiary/aromatic N) is 1. The summed E-state index contributed by atoms with van der Waals surface area (Å²) in [5, 5.41) is 0. The van der Waals surface area contributed by atoms with E-state index in [1.165, 1.54) is 22.4 Å². The van der Waals surface area contributed by atoms with Gasteiger partial charge in [0.05, 0.1) is 19.3 Å². The second-order valence-corrected chi connectivity index (χ2v) is 6.94. The molecule has 2 aromatic rings. The van der Waals surface area contributed by atoms with E-state index in [1.54, 1.807) is 7.11 Å². The summed E-state index contributed by atoms with van der Waals surface area (Å²) in [6.07, 6.45) is 4.45. The largest absolute Gasteiger partial charge is 0.497 e. The molecule has 0 radical (unpaired) electrons. The molecule has 122 valence electrons. The lowest BCUT2D eigenvalue weighted by molar-refractivity contribution is 0.0309. The highest BCUT2D eigenvalue weighted by Gasteiger charge is 2.68. The van der Waals surface area contributed by atoms with Crippen molar-refractivity contribution in [3.8, 4) is 5.75 Å². The minimum absolute atomic E-state index is 0.00707. The summed E-state index contributed by atoms with van der Waals surface area (Å²) < 4.78 is 12.1. The van der Waals surface area contributed by atoms with E-state index in [0.717, 1.165) is 25.2 Å². The molecule has 0 N–H and O–H groups in total. The predicted octanol–water partition coefficient (Wildman–Crippen LogP) is 3.99. The van der Waals surface area contributed by atoms with Gasteiger partial charge in [0.25, 0.3) is 0 Å². The van der Waals surface area contributed by atoms with Crippen LogP contribution in [-0.4, -0.2) is 26.3 Å². The van der Waals surface area contributed by atoms with Gasteiger partial charge in [-0.3, -0.25) is 0 Å². The molecule has 0 bridgehead atoms. The van der Waals surface area contributed by atoms with Gasteiger partial charge in [-0.15, -0.1) is 0 Å². The molecule has 1 fully saturated rings. The van der Waals surface area contributed by atoms with Crippen molar-refractivity contribution >= 4 is 11.3 Å². The minimum atomic E-state index is -0.382. The summed E-state index contributed by atoms with van der Waals surface area (Å²) in [4.78, 5) is 2.45. The van der Waals surface area contributed by atoms with Crippen molar-refractivity contribution in [1.29, 1.82) is 0 Å². The number of benzene rings is 2. The van der Waals surface area contributed by atoms with Crippen LogP contribution in [0.25, 0.3) is 5.57 Å². The minimum Gasteiger partial charge on any atom is -0.497 e. The number of ether oxygens (including phenoxy) is 2. The van der Waals surface area contributed by atoms with Crippen LogP contribution in [0, 0.1) is 0 Å². The van der Waals surface area contributed by atoms with Gasteiger partial charge in [0.2, 0.25) is 0 Å². The van der Waals surface area contributed by atoms with Gasteiger partial charge in [0.1, 0.15) is 11.4 Å². The summed E-state index contributed by atoms with van der Waals surface area (Å²) in [6.45, 7) is 0.797. The van der Waals surface area contributed by atoms with Gasteiger partial charge < -0.3 is 14.4 Å². The van der Waals surface area contributed by atoms with Crippen molar-refractivity contribution in [2.75, 3.05) is 25.7 Å². The van der Waals surface area contributed by atoms with Gasteiger partial charge in [-0.2, -0.15) is 0 Å². The third-order valence-electron chi connectivity index (χ3n) is 6.18. The Labute approximate surface area is 142 Å². The standard InChI is InChI=1S/C21H21NO2/c1-22-19-9-8-16(23-2)14-18(19)21-17(15-6-4-3-5-7-15)10-11-20(21,22)12-13-24-21/h3-10,14H,11-13H2,1-2H3/t20-,21-/m0/s1. The van der Waals surface area contributed by atoms with E-state index in [4.69, 9.17) is 9.47 Å². The van der Waals surface area contributed by atoms with Gasteiger partial charge in [-0.1, -0.05) is 36.4 Å². The van der Waals surface area contributed by atoms with Gasteiger partial charge in [-0.25, -0.2) is 0 Å². The molecule has 0 amide bonds. The highest BCUT2D eigenvalue weighted by molar-refractivity contribution is 5.87. The number of anilines is 1. The van der Waals surface area contributed by atoms with Crippen LogP contribution < -0.4 is 9.64 Å². The normalized spacial score (nSPS) is 29.9. The Morgan fingerprint density at radius 1 is 1.12 bits per heavy atom. The molecule has 3 nitrogen and oxygen atoms in total. The third kappa shape index (κ3) is 1.43. The molecule has 2 atom stereocenters. The van der Waals surface area contributed by atoms with Crippen LogP contribution in [0.1, 0.15) is 24.0 Å². The lowest BCUT2D eigenvalue weighted by atomic mass is 9.75. The lowest BCUT2D eigenvalue weighted by Crippen LogP contribution is -2.51. The molecule has 5 rings (SSSR count). The third-order valence-corrected chi connectivity index (χ3v) is 6.18. The summed E-state index contributed by atoms with van der Waals surface area (Å²) in [5.74, 6) is 0.891. The zero-order valence-electron chi connectivity index (χ0n) is 14.1. The Kier molecular flexibility index (Phi) is 2.73. The molecule has 0 unspecified atom stereocenters. The molecule has 0 aromatic heterocycles. The first kappa shape index (κ1) is 14.1. The van der Waals surface area contributed by atoms with Crippen molar-refractivity contribution in [2.24, 2.45) is 0 Å². The van der Waals surface area contributed by atoms with Crippen LogP contribution in [0.3, 0.4) is 0 Å². The Balaban J connectivity index is 1.78. The van der Waals surface area contributed by atoms with E-state index >= 15 is 0 Å². The van der Waals surface area contributed by atoms with Gasteiger partial charge in [-0.05, 0) is 42.2 Å². The zero-order valence-corrected chi connectivity index (χ0v) is 14.1. The molecule has 24 heavy (non-hydrogen) atoms. The number of hydrogen-bond donors (Lipinski definition) is 0. The SMILES string of the molecule is COc1ccc2c(c1)[C@]13OCC[C@]1(CC=C3c1ccccc1)N2C. The maximum absolute atomic E-state index is 6.58. The van der Waals surface area contributed by atoms with Crippen LogP contribution in [0.5, 0.6) is 5.75 Å². The van der Waals surface area contributed by atoms with E-state index < -0.39 is 0 Å². The second kappa shape index (κ2) is 4.64. The van der Waals surface area contributed by atoms with Crippen molar-refractivity contribution in [3.63, 3.8) is 0 Å². The number of methoxy groups -OCH3 is 1. The van der Waals surface area contributed by atoms with E-state index in [9.17, 15) is 0 Å². The van der Waals surface area contributed by atoms with Crippen LogP contribution >= 0.6 is 0 Å². The molecule has 2 aliphatic heterocycles. The quantitative estimate of drug-likeness (QED) is 0.835. The topological polar surface area (TPSA) is 21.7 Å². The van der Waals surface area contributed by atoms with Crippen molar-refractivity contribution in [1.82, 2.24) is 0 Å². The highest BCUT2D eigenvalue weighted by Crippen LogP contribution is 2.67. The Morgan fingerprint density at radius 2 is 1.96 bits per heavy atom. The van der Waals surface area contributed by atoms with E-state index in [-0.39, 0.29) is 11.1 Å². The summed E-state index contributed by atoms with van der Waals surface area (Å²) in [7, 11) is 3.94. The molecule has 2 aromatic carbocycles. The molecule has 3 aliphatic rings. The number of likely N-dealkylation sites (N-methyl/N-ethyl adjacent to an activating group) is 1. The molecule has 1 aliphatic carbocycles. The zero-order chi connectivity index (χ0) is 16.4. The summed E-state index contributed by atoms with van der Waals surface area (Å²) in [5.41, 5.74) is 4.68. The number of rotatable bonds is 2. The Morgan fingerprint density at radius 3 is 2.75 bits per heavy atom. The molecule has 1 saturated heterocycles. The van der Waals surface area contributed by atoms with Crippen LogP contribution in [0.4, 0.5) is 5.69 Å². The van der Waals surface area contributed by atoms with Crippen LogP contribution in [-0.2, 0) is 10.3 Å². The van der Waals surface area contributed by atoms with E-state index in [1.807, 2.05) is 6.07 Å². The van der Waals surface area contributed by atoms with Crippen molar-refractivity contribution in [3.05, 3.63) is 65.7 Å². The summed E-state index contributed by atoms with van der Waals surface area (Å²) >= 11 is 0. The lowest BCUT2D eigenvalue weighted by Gasteiger charge is -2.40. The van der Waals surface area contributed by atoms with E-state index in [0.29, 0.717) is 0 Å². The van der Waals surface area contributed by atoms with Gasteiger partial charge in [0.15, 0.2) is 0 Å². The first-order valence-electron chi connectivity index (χ1n) is 8.55. The monoisotopic (exact) mass is 319 g/mol.